The van der Waals surface area contributed by atoms with E-state index in [1.165, 1.54) is 32.1 Å². The first-order valence-corrected chi connectivity index (χ1v) is 12.1. The number of hydrogen-bond donors (Lipinski definition) is 3. The number of anilines is 2. The van der Waals surface area contributed by atoms with Gasteiger partial charge in [-0.3, -0.25) is 4.79 Å². The van der Waals surface area contributed by atoms with Crippen LogP contribution in [0.1, 0.15) is 70.9 Å². The van der Waals surface area contributed by atoms with E-state index in [9.17, 15) is 4.79 Å². The zero-order chi connectivity index (χ0) is 23.8. The summed E-state index contributed by atoms with van der Waals surface area (Å²) in [6.45, 7) is 6.95. The van der Waals surface area contributed by atoms with Crippen LogP contribution in [0.25, 0.3) is 0 Å². The minimum Gasteiger partial charge on any atom is -0.483 e. The Morgan fingerprint density at radius 2 is 1.79 bits per heavy atom. The topological polar surface area (TPSA) is 131 Å². The molecule has 4 N–H and O–H groups in total. The minimum absolute atomic E-state index is 0.0562. The fourth-order valence-electron chi connectivity index (χ4n) is 6.77. The van der Waals surface area contributed by atoms with Crippen LogP contribution < -0.4 is 16.0 Å². The highest BCUT2D eigenvalue weighted by atomic mass is 16.6. The van der Waals surface area contributed by atoms with Crippen molar-refractivity contribution in [1.82, 2.24) is 15.3 Å². The number of carboxylic acid groups (broad SMARTS) is 1. The van der Waals surface area contributed by atoms with E-state index in [1.54, 1.807) is 0 Å². The average Bonchev–Trinajstić information content (AvgIpc) is 3.14. The SMILES string of the molecule is CC(C)(C)OC(=O)NC1CCN(c2cc(C3C4CC5CC(C4)CC3C5)nc(N)n2)C1.O=CO. The van der Waals surface area contributed by atoms with Crippen LogP contribution in [0.3, 0.4) is 0 Å². The molecule has 6 rings (SSSR count). The molecule has 4 bridgehead atoms. The van der Waals surface area contributed by atoms with Gasteiger partial charge in [-0.15, -0.1) is 0 Å². The van der Waals surface area contributed by atoms with E-state index in [0.717, 1.165) is 54.7 Å². The Labute approximate surface area is 195 Å². The van der Waals surface area contributed by atoms with Crippen molar-refractivity contribution in [3.8, 4) is 0 Å². The summed E-state index contributed by atoms with van der Waals surface area (Å²) in [4.78, 5) is 32.0. The van der Waals surface area contributed by atoms with Crippen LogP contribution >= 0.6 is 0 Å². The third kappa shape index (κ3) is 5.50. The molecule has 1 atom stereocenters. The number of carbonyl (C=O) groups excluding carboxylic acids is 1. The Morgan fingerprint density at radius 3 is 2.36 bits per heavy atom. The van der Waals surface area contributed by atoms with Crippen molar-refractivity contribution in [3.05, 3.63) is 11.8 Å². The fourth-order valence-corrected chi connectivity index (χ4v) is 6.77. The lowest BCUT2D eigenvalue weighted by molar-refractivity contribution is -0.122. The highest BCUT2D eigenvalue weighted by molar-refractivity contribution is 5.68. The quantitative estimate of drug-likeness (QED) is 0.586. The van der Waals surface area contributed by atoms with E-state index < -0.39 is 5.60 Å². The molecule has 9 heteroatoms. The number of nitrogen functional groups attached to an aromatic ring is 1. The Hall–Kier alpha value is -2.58. The molecule has 33 heavy (non-hydrogen) atoms. The number of ether oxygens (including phenoxy) is 1. The molecule has 1 aromatic rings. The van der Waals surface area contributed by atoms with E-state index in [4.69, 9.17) is 25.4 Å². The molecule has 4 aliphatic carbocycles. The van der Waals surface area contributed by atoms with Crippen molar-refractivity contribution in [1.29, 1.82) is 0 Å². The molecule has 9 nitrogen and oxygen atoms in total. The molecule has 0 spiro atoms. The van der Waals surface area contributed by atoms with Gasteiger partial charge in [0.25, 0.3) is 6.47 Å². The highest BCUT2D eigenvalue weighted by Gasteiger charge is 2.49. The van der Waals surface area contributed by atoms with Gasteiger partial charge in [-0.1, -0.05) is 0 Å². The van der Waals surface area contributed by atoms with Gasteiger partial charge in [0.2, 0.25) is 5.95 Å². The van der Waals surface area contributed by atoms with Crippen molar-refractivity contribution in [2.75, 3.05) is 23.7 Å². The number of alkyl carbamates (subject to hydrolysis) is 1. The molecule has 182 valence electrons. The largest absolute Gasteiger partial charge is 0.483 e. The first-order chi connectivity index (χ1) is 15.6. The molecule has 1 aliphatic heterocycles. The van der Waals surface area contributed by atoms with E-state index in [-0.39, 0.29) is 18.6 Å². The van der Waals surface area contributed by atoms with Gasteiger partial charge in [0.1, 0.15) is 11.4 Å². The average molecular weight is 460 g/mol. The number of hydrogen-bond acceptors (Lipinski definition) is 7. The summed E-state index contributed by atoms with van der Waals surface area (Å²) in [6.07, 6.45) is 7.43. The second kappa shape index (κ2) is 9.35. The van der Waals surface area contributed by atoms with Crippen molar-refractivity contribution >= 4 is 24.3 Å². The Bertz CT molecular complexity index is 843. The molecular formula is C24H37N5O4. The third-order valence-electron chi connectivity index (χ3n) is 7.55. The molecule has 0 radical (unpaired) electrons. The summed E-state index contributed by atoms with van der Waals surface area (Å²) in [5.41, 5.74) is 6.83. The highest BCUT2D eigenvalue weighted by Crippen LogP contribution is 2.59. The summed E-state index contributed by atoms with van der Waals surface area (Å²) in [7, 11) is 0. The van der Waals surface area contributed by atoms with Gasteiger partial charge in [0.05, 0.1) is 11.7 Å². The van der Waals surface area contributed by atoms with Gasteiger partial charge >= 0.3 is 6.09 Å². The van der Waals surface area contributed by atoms with Gasteiger partial charge in [-0.05, 0) is 83.0 Å². The summed E-state index contributed by atoms with van der Waals surface area (Å²) < 4.78 is 5.40. The van der Waals surface area contributed by atoms with Gasteiger partial charge in [0, 0.05) is 25.1 Å². The number of nitrogens with one attached hydrogen (secondary N) is 1. The van der Waals surface area contributed by atoms with Crippen LogP contribution in [0.4, 0.5) is 16.6 Å². The first-order valence-electron chi connectivity index (χ1n) is 12.1. The lowest BCUT2D eigenvalue weighted by atomic mass is 9.51. The Morgan fingerprint density at radius 1 is 1.18 bits per heavy atom. The van der Waals surface area contributed by atoms with Crippen LogP contribution in [-0.4, -0.2) is 52.4 Å². The van der Waals surface area contributed by atoms with Gasteiger partial charge < -0.3 is 25.8 Å². The number of rotatable bonds is 3. The smallest absolute Gasteiger partial charge is 0.407 e. The van der Waals surface area contributed by atoms with E-state index >= 15 is 0 Å². The number of nitrogens with zero attached hydrogens (tertiary/aromatic N) is 3. The molecule has 1 unspecified atom stereocenters. The molecule has 1 saturated heterocycles. The predicted molar refractivity (Wildman–Crippen MR) is 125 cm³/mol. The zero-order valence-corrected chi connectivity index (χ0v) is 19.9. The molecule has 2 heterocycles. The summed E-state index contributed by atoms with van der Waals surface area (Å²) in [5.74, 6) is 5.24. The second-order valence-electron chi connectivity index (χ2n) is 11.1. The molecule has 1 aromatic heterocycles. The molecule has 1 amide bonds. The van der Waals surface area contributed by atoms with E-state index in [2.05, 4.69) is 21.3 Å². The fraction of sp³-hybridized carbons (Fsp3) is 0.750. The zero-order valence-electron chi connectivity index (χ0n) is 19.9. The van der Waals surface area contributed by atoms with Crippen molar-refractivity contribution in [2.24, 2.45) is 23.7 Å². The predicted octanol–water partition coefficient (Wildman–Crippen LogP) is 3.40. The van der Waals surface area contributed by atoms with Crippen LogP contribution in [0.15, 0.2) is 6.07 Å². The molecule has 5 aliphatic rings. The van der Waals surface area contributed by atoms with Crippen LogP contribution in [0.5, 0.6) is 0 Å². The molecule has 0 aromatic carbocycles. The second-order valence-corrected chi connectivity index (χ2v) is 11.1. The number of aromatic nitrogens is 2. The van der Waals surface area contributed by atoms with Gasteiger partial charge in [-0.25, -0.2) is 9.78 Å². The van der Waals surface area contributed by atoms with Crippen molar-refractivity contribution in [2.45, 2.75) is 76.9 Å². The monoisotopic (exact) mass is 459 g/mol. The number of nitrogens with two attached hydrogens (primary N) is 1. The van der Waals surface area contributed by atoms with Crippen molar-refractivity contribution in [3.63, 3.8) is 0 Å². The van der Waals surface area contributed by atoms with Gasteiger partial charge in [0.15, 0.2) is 0 Å². The lowest BCUT2D eigenvalue weighted by Crippen LogP contribution is -2.44. The first kappa shape index (κ1) is 23.6. The lowest BCUT2D eigenvalue weighted by Gasteiger charge is -2.54. The van der Waals surface area contributed by atoms with Crippen LogP contribution in [0.2, 0.25) is 0 Å². The summed E-state index contributed by atoms with van der Waals surface area (Å²) in [5, 5.41) is 9.88. The van der Waals surface area contributed by atoms with Gasteiger partial charge in [-0.2, -0.15) is 4.98 Å². The number of amides is 1. The van der Waals surface area contributed by atoms with Crippen LogP contribution in [0, 0.1) is 23.7 Å². The van der Waals surface area contributed by atoms with Crippen molar-refractivity contribution < 1.29 is 19.4 Å². The third-order valence-corrected chi connectivity index (χ3v) is 7.55. The molecule has 4 saturated carbocycles. The van der Waals surface area contributed by atoms with E-state index in [0.29, 0.717) is 11.9 Å². The molecular weight excluding hydrogens is 422 g/mol. The minimum atomic E-state index is -0.489. The summed E-state index contributed by atoms with van der Waals surface area (Å²) in [6, 6.07) is 2.24. The number of carbonyl (C=O) groups is 2. The van der Waals surface area contributed by atoms with E-state index in [1.807, 2.05) is 20.8 Å². The Kier molecular flexibility index (Phi) is 6.68. The Balaban J connectivity index is 0.000000821. The van der Waals surface area contributed by atoms with Crippen LogP contribution in [-0.2, 0) is 9.53 Å². The maximum absolute atomic E-state index is 12.1. The maximum atomic E-state index is 12.1. The summed E-state index contributed by atoms with van der Waals surface area (Å²) >= 11 is 0. The standard InChI is InChI=1S/C23H35N5O2.CH2O2/c1-23(2,3)30-22(29)25-17-4-5-28(12-17)19-11-18(26-21(24)27-19)20-15-7-13-6-14(9-15)10-16(20)8-13;2-1-3/h11,13-17,20H,4-10,12H2,1-3H3,(H,25,29)(H2,24,26,27);1H,(H,2,3). The molecule has 5 fully saturated rings. The maximum Gasteiger partial charge on any atom is 0.407 e. The normalized spacial score (nSPS) is 32.2.